The predicted octanol–water partition coefficient (Wildman–Crippen LogP) is 2.10. The van der Waals surface area contributed by atoms with E-state index < -0.39 is 15.6 Å². The van der Waals surface area contributed by atoms with Gasteiger partial charge in [-0.2, -0.15) is 0 Å². The van der Waals surface area contributed by atoms with Crippen molar-refractivity contribution in [2.75, 3.05) is 31.2 Å². The first kappa shape index (κ1) is 19.9. The van der Waals surface area contributed by atoms with Gasteiger partial charge in [0.2, 0.25) is 10.0 Å². The Hall–Kier alpha value is -1.38. The molecule has 7 nitrogen and oxygen atoms in total. The summed E-state index contributed by atoms with van der Waals surface area (Å²) in [5.41, 5.74) is -0.244. The Morgan fingerprint density at radius 3 is 2.52 bits per heavy atom. The van der Waals surface area contributed by atoms with Crippen molar-refractivity contribution in [3.8, 4) is 0 Å². The van der Waals surface area contributed by atoms with E-state index in [0.29, 0.717) is 22.9 Å². The highest BCUT2D eigenvalue weighted by molar-refractivity contribution is 7.88. The number of sulfonamides is 1. The summed E-state index contributed by atoms with van der Waals surface area (Å²) in [6.45, 7) is 5.34. The van der Waals surface area contributed by atoms with Crippen molar-refractivity contribution >= 4 is 33.3 Å². The number of amides is 1. The number of halogens is 1. The fourth-order valence-corrected chi connectivity index (χ4v) is 4.12. The summed E-state index contributed by atoms with van der Waals surface area (Å²) in [7, 11) is -3.32. The van der Waals surface area contributed by atoms with E-state index in [0.717, 1.165) is 38.6 Å². The number of pyridine rings is 1. The van der Waals surface area contributed by atoms with Gasteiger partial charge in [-0.3, -0.25) is 4.79 Å². The molecule has 2 N–H and O–H groups in total. The normalized spacial score (nSPS) is 15.9. The monoisotopic (exact) mass is 388 g/mol. The summed E-state index contributed by atoms with van der Waals surface area (Å²) >= 11 is 6.24. The van der Waals surface area contributed by atoms with Crippen LogP contribution in [-0.2, 0) is 10.0 Å². The molecule has 2 rings (SSSR count). The summed E-state index contributed by atoms with van der Waals surface area (Å²) in [6.07, 6.45) is 5.82. The van der Waals surface area contributed by atoms with Crippen LogP contribution in [0.3, 0.4) is 0 Å². The van der Waals surface area contributed by atoms with Crippen LogP contribution in [0.2, 0.25) is 5.02 Å². The van der Waals surface area contributed by atoms with Gasteiger partial charge < -0.3 is 10.2 Å². The number of anilines is 1. The number of carbonyl (C=O) groups is 1. The minimum atomic E-state index is -3.32. The number of hydrogen-bond acceptors (Lipinski definition) is 5. The largest absolute Gasteiger partial charge is 0.367 e. The van der Waals surface area contributed by atoms with E-state index >= 15 is 0 Å². The summed E-state index contributed by atoms with van der Waals surface area (Å²) in [5, 5.41) is 3.36. The minimum absolute atomic E-state index is 0.0558. The van der Waals surface area contributed by atoms with E-state index in [9.17, 15) is 13.2 Å². The summed E-state index contributed by atoms with van der Waals surface area (Å²) in [4.78, 5) is 18.5. The van der Waals surface area contributed by atoms with Crippen LogP contribution in [0.5, 0.6) is 0 Å². The van der Waals surface area contributed by atoms with Gasteiger partial charge in [0.25, 0.3) is 5.91 Å². The molecule has 1 aliphatic rings. The van der Waals surface area contributed by atoms with E-state index in [1.165, 1.54) is 6.20 Å². The first-order valence-electron chi connectivity index (χ1n) is 8.25. The molecular weight excluding hydrogens is 364 g/mol. The van der Waals surface area contributed by atoms with Gasteiger partial charge in [-0.1, -0.05) is 11.6 Å². The van der Waals surface area contributed by atoms with E-state index in [2.05, 4.69) is 15.0 Å². The van der Waals surface area contributed by atoms with E-state index in [1.54, 1.807) is 19.9 Å². The molecule has 0 atom stereocenters. The Kier molecular flexibility index (Phi) is 6.29. The Morgan fingerprint density at radius 2 is 1.96 bits per heavy atom. The molecule has 0 aliphatic carbocycles. The zero-order chi connectivity index (χ0) is 18.7. The number of likely N-dealkylation sites (tertiary alicyclic amines) is 1. The van der Waals surface area contributed by atoms with Crippen LogP contribution < -0.4 is 10.0 Å². The number of piperidine rings is 1. The van der Waals surface area contributed by atoms with Gasteiger partial charge in [0.1, 0.15) is 5.82 Å². The van der Waals surface area contributed by atoms with Gasteiger partial charge in [-0.25, -0.2) is 18.1 Å². The fraction of sp³-hybridized carbons (Fsp3) is 0.625. The molecular formula is C16H25ClN4O3S. The maximum absolute atomic E-state index is 12.5. The average molecular weight is 389 g/mol. The van der Waals surface area contributed by atoms with E-state index in [-0.39, 0.29) is 5.91 Å². The zero-order valence-electron chi connectivity index (χ0n) is 14.8. The van der Waals surface area contributed by atoms with E-state index in [4.69, 9.17) is 11.6 Å². The lowest BCUT2D eigenvalue weighted by Gasteiger charge is -2.27. The average Bonchev–Trinajstić information content (AvgIpc) is 2.51. The third-order valence-corrected chi connectivity index (χ3v) is 5.10. The van der Waals surface area contributed by atoms with Gasteiger partial charge >= 0.3 is 0 Å². The number of carbonyl (C=O) groups excluding carboxylic acids is 1. The van der Waals surface area contributed by atoms with Crippen LogP contribution in [-0.4, -0.2) is 55.6 Å². The first-order valence-corrected chi connectivity index (χ1v) is 10.5. The van der Waals surface area contributed by atoms with E-state index in [1.807, 2.05) is 4.90 Å². The van der Waals surface area contributed by atoms with Crippen molar-refractivity contribution in [3.63, 3.8) is 0 Å². The van der Waals surface area contributed by atoms with Gasteiger partial charge in [-0.05, 0) is 39.2 Å². The molecule has 0 saturated carbocycles. The standard InChI is InChI=1S/C16H25ClN4O3S/c1-16(2,20-25(3,23)24)11-19-14-13(17)9-12(10-18-14)15(22)21-7-5-4-6-8-21/h9-10,20H,4-8,11H2,1-3H3,(H,18,19). The highest BCUT2D eigenvalue weighted by atomic mass is 35.5. The molecule has 140 valence electrons. The van der Waals surface area contributed by atoms with Crippen LogP contribution in [0.4, 0.5) is 5.82 Å². The summed E-state index contributed by atoms with van der Waals surface area (Å²) in [5.74, 6) is 0.361. The molecule has 1 aliphatic heterocycles. The lowest BCUT2D eigenvalue weighted by Crippen LogP contribution is -2.47. The molecule has 1 aromatic rings. The molecule has 9 heteroatoms. The number of rotatable bonds is 6. The number of hydrogen-bond donors (Lipinski definition) is 2. The quantitative estimate of drug-likeness (QED) is 0.778. The molecule has 1 amide bonds. The molecule has 1 aromatic heterocycles. The molecule has 0 bridgehead atoms. The molecule has 1 fully saturated rings. The Bertz CT molecular complexity index is 731. The predicted molar refractivity (Wildman–Crippen MR) is 99.5 cm³/mol. The van der Waals surface area contributed by atoms with Gasteiger partial charge in [0.05, 0.1) is 16.8 Å². The first-order chi connectivity index (χ1) is 11.6. The maximum atomic E-state index is 12.5. The van der Waals surface area contributed by atoms with Crippen LogP contribution in [0.1, 0.15) is 43.5 Å². The fourth-order valence-electron chi connectivity index (χ4n) is 2.81. The Morgan fingerprint density at radius 1 is 1.32 bits per heavy atom. The van der Waals surface area contributed by atoms with Crippen molar-refractivity contribution in [3.05, 3.63) is 22.8 Å². The number of nitrogens with zero attached hydrogens (tertiary/aromatic N) is 2. The van der Waals surface area contributed by atoms with Crippen molar-refractivity contribution in [2.45, 2.75) is 38.6 Å². The molecule has 0 unspecified atom stereocenters. The zero-order valence-corrected chi connectivity index (χ0v) is 16.4. The second-order valence-electron chi connectivity index (χ2n) is 7.02. The minimum Gasteiger partial charge on any atom is -0.367 e. The molecule has 2 heterocycles. The van der Waals surface area contributed by atoms with Crippen LogP contribution in [0, 0.1) is 0 Å². The maximum Gasteiger partial charge on any atom is 0.255 e. The number of aromatic nitrogens is 1. The Balaban J connectivity index is 2.03. The molecule has 0 spiro atoms. The van der Waals surface area contributed by atoms with Crippen LogP contribution >= 0.6 is 11.6 Å². The van der Waals surface area contributed by atoms with Crippen LogP contribution in [0.15, 0.2) is 12.3 Å². The lowest BCUT2D eigenvalue weighted by atomic mass is 10.1. The van der Waals surface area contributed by atoms with Crippen molar-refractivity contribution in [2.24, 2.45) is 0 Å². The Labute approximate surface area is 154 Å². The van der Waals surface area contributed by atoms with Crippen molar-refractivity contribution in [1.29, 1.82) is 0 Å². The van der Waals surface area contributed by atoms with Gasteiger partial charge in [0, 0.05) is 31.4 Å². The van der Waals surface area contributed by atoms with Gasteiger partial charge in [-0.15, -0.1) is 0 Å². The highest BCUT2D eigenvalue weighted by Gasteiger charge is 2.23. The molecule has 0 aromatic carbocycles. The van der Waals surface area contributed by atoms with Crippen LogP contribution in [0.25, 0.3) is 0 Å². The van der Waals surface area contributed by atoms with Gasteiger partial charge in [0.15, 0.2) is 0 Å². The second kappa shape index (κ2) is 7.88. The smallest absolute Gasteiger partial charge is 0.255 e. The molecule has 25 heavy (non-hydrogen) atoms. The third kappa shape index (κ3) is 6.13. The van der Waals surface area contributed by atoms with Crippen molar-refractivity contribution in [1.82, 2.24) is 14.6 Å². The van der Waals surface area contributed by atoms with Crippen molar-refractivity contribution < 1.29 is 13.2 Å². The lowest BCUT2D eigenvalue weighted by molar-refractivity contribution is 0.0724. The highest BCUT2D eigenvalue weighted by Crippen LogP contribution is 2.22. The molecule has 1 saturated heterocycles. The number of nitrogens with one attached hydrogen (secondary N) is 2. The summed E-state index contributed by atoms with van der Waals surface area (Å²) in [6, 6.07) is 1.60. The summed E-state index contributed by atoms with van der Waals surface area (Å²) < 4.78 is 25.3. The third-order valence-electron chi connectivity index (χ3n) is 3.89. The second-order valence-corrected chi connectivity index (χ2v) is 9.17. The topological polar surface area (TPSA) is 91.4 Å². The molecule has 0 radical (unpaired) electrons. The SMILES string of the molecule is CC(C)(CNc1ncc(C(=O)N2CCCCC2)cc1Cl)NS(C)(=O)=O.